The lowest BCUT2D eigenvalue weighted by Gasteiger charge is -2.53. The van der Waals surface area contributed by atoms with Gasteiger partial charge in [0.2, 0.25) is 5.79 Å². The molecule has 0 saturated carbocycles. The largest absolute Gasteiger partial charge is 0.394 e. The van der Waals surface area contributed by atoms with Crippen molar-refractivity contribution < 1.29 is 30.3 Å². The van der Waals surface area contributed by atoms with E-state index in [2.05, 4.69) is 9.97 Å². The number of ether oxygens (including phenoxy) is 1. The SMILES string of the molecule is OC[C@H]1OC(O)(c2c[nH]c3ccccc23)[C@@](O)(c2c[nH]c3ccccc23)[C@@H](O)[C@H]1O. The van der Waals surface area contributed by atoms with Crippen molar-refractivity contribution in [2.24, 2.45) is 0 Å². The number of nitrogens with one attached hydrogen (secondary N) is 2. The highest BCUT2D eigenvalue weighted by Gasteiger charge is 2.66. The van der Waals surface area contributed by atoms with E-state index in [-0.39, 0.29) is 11.1 Å². The fourth-order valence-electron chi connectivity index (χ4n) is 4.52. The van der Waals surface area contributed by atoms with Crippen molar-refractivity contribution in [1.82, 2.24) is 9.97 Å². The zero-order chi connectivity index (χ0) is 21.1. The van der Waals surface area contributed by atoms with Gasteiger partial charge in [0.05, 0.1) is 6.61 Å². The summed E-state index contributed by atoms with van der Waals surface area (Å²) >= 11 is 0. The highest BCUT2D eigenvalue weighted by molar-refractivity contribution is 5.86. The predicted molar refractivity (Wildman–Crippen MR) is 108 cm³/mol. The van der Waals surface area contributed by atoms with Gasteiger partial charge in [-0.2, -0.15) is 0 Å². The number of aromatic nitrogens is 2. The molecule has 1 fully saturated rings. The maximum atomic E-state index is 11.9. The standard InChI is InChI=1S/C22H22N2O6/c25-11-18-19(26)20(27)21(28,14-9-23-16-7-3-1-5-12(14)16)22(29,30-18)15-10-24-17-8-4-2-6-13(15)17/h1-10,18-20,23-29H,11H2/t18-,19+,20+,21-,22?/m1/s1. The Kier molecular flexibility index (Phi) is 4.26. The quantitative estimate of drug-likeness (QED) is 0.266. The molecule has 0 bridgehead atoms. The highest BCUT2D eigenvalue weighted by Crippen LogP contribution is 2.52. The normalized spacial score (nSPS) is 32.1. The first-order valence-electron chi connectivity index (χ1n) is 9.64. The summed E-state index contributed by atoms with van der Waals surface area (Å²) in [6.07, 6.45) is -1.85. The Labute approximate surface area is 171 Å². The first-order valence-corrected chi connectivity index (χ1v) is 9.64. The number of aromatic amines is 2. The van der Waals surface area contributed by atoms with Gasteiger partial charge in [0.1, 0.15) is 18.3 Å². The van der Waals surface area contributed by atoms with Gasteiger partial charge in [-0.1, -0.05) is 36.4 Å². The van der Waals surface area contributed by atoms with Crippen molar-refractivity contribution in [3.63, 3.8) is 0 Å². The summed E-state index contributed by atoms with van der Waals surface area (Å²) in [4.78, 5) is 6.04. The zero-order valence-electron chi connectivity index (χ0n) is 15.9. The Balaban J connectivity index is 1.81. The molecule has 30 heavy (non-hydrogen) atoms. The van der Waals surface area contributed by atoms with Crippen LogP contribution in [0.4, 0.5) is 0 Å². The summed E-state index contributed by atoms with van der Waals surface area (Å²) in [6.45, 7) is -0.660. The molecule has 0 aliphatic carbocycles. The Morgan fingerprint density at radius 2 is 1.37 bits per heavy atom. The minimum absolute atomic E-state index is 0.161. The van der Waals surface area contributed by atoms with Crippen molar-refractivity contribution in [2.45, 2.75) is 29.7 Å². The van der Waals surface area contributed by atoms with Crippen LogP contribution in [0.3, 0.4) is 0 Å². The molecule has 8 heteroatoms. The Morgan fingerprint density at radius 3 is 1.97 bits per heavy atom. The average Bonchev–Trinajstić information content (AvgIpc) is 3.40. The van der Waals surface area contributed by atoms with E-state index in [1.807, 2.05) is 12.1 Å². The van der Waals surface area contributed by atoms with Gasteiger partial charge in [-0.3, -0.25) is 0 Å². The van der Waals surface area contributed by atoms with Crippen LogP contribution in [-0.4, -0.2) is 60.4 Å². The molecule has 1 aliphatic heterocycles. The number of rotatable bonds is 3. The van der Waals surface area contributed by atoms with Gasteiger partial charge >= 0.3 is 0 Å². The summed E-state index contributed by atoms with van der Waals surface area (Å²) in [5.74, 6) is -2.48. The fourth-order valence-corrected chi connectivity index (χ4v) is 4.52. The van der Waals surface area contributed by atoms with Gasteiger partial charge in [-0.25, -0.2) is 0 Å². The van der Waals surface area contributed by atoms with Crippen molar-refractivity contribution in [3.8, 4) is 0 Å². The van der Waals surface area contributed by atoms with E-state index < -0.39 is 36.3 Å². The zero-order valence-corrected chi connectivity index (χ0v) is 15.9. The first-order chi connectivity index (χ1) is 14.4. The molecule has 8 nitrogen and oxygen atoms in total. The van der Waals surface area contributed by atoms with Gasteiger partial charge in [0.25, 0.3) is 0 Å². The van der Waals surface area contributed by atoms with Crippen molar-refractivity contribution >= 4 is 21.8 Å². The maximum absolute atomic E-state index is 11.9. The van der Waals surface area contributed by atoms with Gasteiger partial charge in [0, 0.05) is 45.3 Å². The molecule has 7 N–H and O–H groups in total. The van der Waals surface area contributed by atoms with Crippen LogP contribution in [-0.2, 0) is 16.1 Å². The highest BCUT2D eigenvalue weighted by atomic mass is 16.7. The molecular formula is C22H22N2O6. The molecular weight excluding hydrogens is 388 g/mol. The van der Waals surface area contributed by atoms with Crippen LogP contribution in [0.1, 0.15) is 11.1 Å². The van der Waals surface area contributed by atoms with E-state index in [1.54, 1.807) is 36.4 Å². The minimum atomic E-state index is -2.48. The fraction of sp³-hybridized carbons (Fsp3) is 0.273. The van der Waals surface area contributed by atoms with Crippen LogP contribution in [0.15, 0.2) is 60.9 Å². The number of H-pyrrole nitrogens is 2. The van der Waals surface area contributed by atoms with Crippen LogP contribution in [0.25, 0.3) is 21.8 Å². The van der Waals surface area contributed by atoms with Gasteiger partial charge < -0.3 is 40.2 Å². The molecule has 2 aromatic carbocycles. The number of hydrogen-bond acceptors (Lipinski definition) is 6. The number of benzene rings is 2. The summed E-state index contributed by atoms with van der Waals surface area (Å²) in [7, 11) is 0. The van der Waals surface area contributed by atoms with Crippen LogP contribution < -0.4 is 0 Å². The molecule has 3 heterocycles. The molecule has 2 aromatic heterocycles. The van der Waals surface area contributed by atoms with Crippen molar-refractivity contribution in [3.05, 3.63) is 72.1 Å². The molecule has 156 valence electrons. The van der Waals surface area contributed by atoms with E-state index in [0.29, 0.717) is 21.8 Å². The molecule has 5 atom stereocenters. The lowest BCUT2D eigenvalue weighted by molar-refractivity contribution is -0.403. The van der Waals surface area contributed by atoms with E-state index >= 15 is 0 Å². The molecule has 0 spiro atoms. The third kappa shape index (κ3) is 2.37. The van der Waals surface area contributed by atoms with Crippen molar-refractivity contribution in [2.75, 3.05) is 6.61 Å². The number of para-hydroxylation sites is 2. The molecule has 0 radical (unpaired) electrons. The van der Waals surface area contributed by atoms with Gasteiger partial charge in [0.15, 0.2) is 5.60 Å². The molecule has 0 amide bonds. The summed E-state index contributed by atoms with van der Waals surface area (Å²) in [5, 5.41) is 56.2. The third-order valence-corrected chi connectivity index (χ3v) is 6.11. The topological polar surface area (TPSA) is 142 Å². The monoisotopic (exact) mass is 410 g/mol. The third-order valence-electron chi connectivity index (χ3n) is 6.11. The number of aliphatic hydroxyl groups excluding tert-OH is 3. The van der Waals surface area contributed by atoms with Crippen LogP contribution in [0, 0.1) is 0 Å². The molecule has 4 aromatic rings. The second kappa shape index (κ2) is 6.64. The van der Waals surface area contributed by atoms with Crippen LogP contribution in [0.2, 0.25) is 0 Å². The van der Waals surface area contributed by atoms with E-state index in [1.165, 1.54) is 12.4 Å². The molecule has 1 aliphatic rings. The van der Waals surface area contributed by atoms with Crippen molar-refractivity contribution in [1.29, 1.82) is 0 Å². The molecule has 1 saturated heterocycles. The van der Waals surface area contributed by atoms with Crippen LogP contribution in [0.5, 0.6) is 0 Å². The lowest BCUT2D eigenvalue weighted by Crippen LogP contribution is -2.69. The second-order valence-corrected chi connectivity index (χ2v) is 7.68. The predicted octanol–water partition coefficient (Wildman–Crippen LogP) is 0.795. The minimum Gasteiger partial charge on any atom is -0.394 e. The van der Waals surface area contributed by atoms with Gasteiger partial charge in [-0.05, 0) is 12.1 Å². The summed E-state index contributed by atoms with van der Waals surface area (Å²) in [6, 6.07) is 14.2. The summed E-state index contributed by atoms with van der Waals surface area (Å²) < 4.78 is 5.76. The number of hydrogen-bond donors (Lipinski definition) is 7. The van der Waals surface area contributed by atoms with E-state index in [0.717, 1.165) is 0 Å². The van der Waals surface area contributed by atoms with Gasteiger partial charge in [-0.15, -0.1) is 0 Å². The molecule has 1 unspecified atom stereocenters. The number of aliphatic hydroxyl groups is 5. The lowest BCUT2D eigenvalue weighted by atomic mass is 9.72. The van der Waals surface area contributed by atoms with E-state index in [4.69, 9.17) is 4.74 Å². The van der Waals surface area contributed by atoms with E-state index in [9.17, 15) is 25.5 Å². The Hall–Kier alpha value is -2.72. The summed E-state index contributed by atoms with van der Waals surface area (Å²) in [5.41, 5.74) is -0.757. The van der Waals surface area contributed by atoms with Crippen LogP contribution >= 0.6 is 0 Å². The second-order valence-electron chi connectivity index (χ2n) is 7.68. The maximum Gasteiger partial charge on any atom is 0.232 e. The average molecular weight is 410 g/mol. The first kappa shape index (κ1) is 19.3. The Morgan fingerprint density at radius 1 is 0.833 bits per heavy atom. The molecule has 5 rings (SSSR count). The smallest absolute Gasteiger partial charge is 0.232 e. The number of fused-ring (bicyclic) bond motifs is 2. The Bertz CT molecular complexity index is 1220.